The number of rotatable bonds is 7. The normalized spacial score (nSPS) is 14.8. The summed E-state index contributed by atoms with van der Waals surface area (Å²) in [6.07, 6.45) is 0. The Kier molecular flexibility index (Phi) is 7.28. The first-order valence-corrected chi connectivity index (χ1v) is 9.80. The Labute approximate surface area is 167 Å². The van der Waals surface area contributed by atoms with Crippen molar-refractivity contribution in [3.63, 3.8) is 0 Å². The lowest BCUT2D eigenvalue weighted by molar-refractivity contribution is -0.123. The van der Waals surface area contributed by atoms with Crippen LogP contribution in [0.25, 0.3) is 0 Å². The number of carbonyl (C=O) groups excluding carboxylic acids is 1. The molecule has 26 heavy (non-hydrogen) atoms. The van der Waals surface area contributed by atoms with Gasteiger partial charge in [0.25, 0.3) is 5.91 Å². The first-order valence-electron chi connectivity index (χ1n) is 8.72. The second kappa shape index (κ2) is 9.89. The molecule has 0 unspecified atom stereocenters. The van der Waals surface area contributed by atoms with Gasteiger partial charge in [0.15, 0.2) is 6.61 Å². The number of morpholine rings is 1. The molecule has 5 nitrogen and oxygen atoms in total. The number of nitrogens with zero attached hydrogens (tertiary/aromatic N) is 1. The van der Waals surface area contributed by atoms with Crippen molar-refractivity contribution in [2.45, 2.75) is 13.1 Å². The van der Waals surface area contributed by atoms with Gasteiger partial charge in [-0.05, 0) is 58.0 Å². The molecule has 1 heterocycles. The van der Waals surface area contributed by atoms with E-state index >= 15 is 0 Å². The summed E-state index contributed by atoms with van der Waals surface area (Å²) in [7, 11) is 0. The fourth-order valence-corrected chi connectivity index (χ4v) is 3.07. The second-order valence-electron chi connectivity index (χ2n) is 6.22. The van der Waals surface area contributed by atoms with Crippen molar-refractivity contribution in [2.24, 2.45) is 0 Å². The van der Waals surface area contributed by atoms with E-state index in [1.165, 1.54) is 5.56 Å². The predicted octanol–water partition coefficient (Wildman–Crippen LogP) is 2.82. The van der Waals surface area contributed by atoms with E-state index in [4.69, 9.17) is 9.47 Å². The van der Waals surface area contributed by atoms with Crippen LogP contribution in [0.1, 0.15) is 11.1 Å². The van der Waals surface area contributed by atoms with E-state index < -0.39 is 0 Å². The zero-order chi connectivity index (χ0) is 18.2. The number of benzene rings is 2. The van der Waals surface area contributed by atoms with Gasteiger partial charge in [0.2, 0.25) is 0 Å². The van der Waals surface area contributed by atoms with E-state index in [0.29, 0.717) is 12.3 Å². The van der Waals surface area contributed by atoms with Crippen molar-refractivity contribution >= 4 is 28.5 Å². The van der Waals surface area contributed by atoms with Crippen LogP contribution in [0.15, 0.2) is 48.5 Å². The molecule has 1 saturated heterocycles. The van der Waals surface area contributed by atoms with Crippen LogP contribution in [0.4, 0.5) is 0 Å². The molecule has 2 aromatic carbocycles. The minimum atomic E-state index is -0.124. The zero-order valence-electron chi connectivity index (χ0n) is 14.6. The summed E-state index contributed by atoms with van der Waals surface area (Å²) in [6.45, 7) is 5.07. The quantitative estimate of drug-likeness (QED) is 0.638. The third-order valence-electron chi connectivity index (χ3n) is 4.21. The van der Waals surface area contributed by atoms with Gasteiger partial charge in [0.05, 0.1) is 13.2 Å². The van der Waals surface area contributed by atoms with Gasteiger partial charge < -0.3 is 14.8 Å². The Morgan fingerprint density at radius 1 is 1.04 bits per heavy atom. The highest BCUT2D eigenvalue weighted by Crippen LogP contribution is 2.13. The minimum absolute atomic E-state index is 0.0235. The highest BCUT2D eigenvalue weighted by molar-refractivity contribution is 14.1. The van der Waals surface area contributed by atoms with E-state index in [1.54, 1.807) is 0 Å². The molecule has 3 rings (SSSR count). The second-order valence-corrected chi connectivity index (χ2v) is 7.47. The molecule has 0 saturated carbocycles. The van der Waals surface area contributed by atoms with Crippen LogP contribution < -0.4 is 10.1 Å². The average molecular weight is 466 g/mol. The van der Waals surface area contributed by atoms with Crippen molar-refractivity contribution in [3.05, 3.63) is 63.2 Å². The largest absolute Gasteiger partial charge is 0.484 e. The third kappa shape index (κ3) is 6.26. The van der Waals surface area contributed by atoms with E-state index in [-0.39, 0.29) is 12.5 Å². The minimum Gasteiger partial charge on any atom is -0.484 e. The number of carbonyl (C=O) groups is 1. The van der Waals surface area contributed by atoms with E-state index in [0.717, 1.165) is 42.0 Å². The van der Waals surface area contributed by atoms with Gasteiger partial charge in [-0.1, -0.05) is 24.3 Å². The summed E-state index contributed by atoms with van der Waals surface area (Å²) in [4.78, 5) is 14.3. The lowest BCUT2D eigenvalue weighted by atomic mass is 10.1. The first kappa shape index (κ1) is 19.1. The van der Waals surface area contributed by atoms with Gasteiger partial charge in [-0.25, -0.2) is 0 Å². The summed E-state index contributed by atoms with van der Waals surface area (Å²) in [5.74, 6) is 0.578. The van der Waals surface area contributed by atoms with Crippen LogP contribution in [0, 0.1) is 3.57 Å². The fourth-order valence-electron chi connectivity index (χ4n) is 2.71. The van der Waals surface area contributed by atoms with Crippen LogP contribution in [0.5, 0.6) is 5.75 Å². The molecule has 2 aromatic rings. The Bertz CT molecular complexity index is 698. The van der Waals surface area contributed by atoms with E-state index in [1.807, 2.05) is 24.3 Å². The van der Waals surface area contributed by atoms with Gasteiger partial charge in [0, 0.05) is 29.7 Å². The highest BCUT2D eigenvalue weighted by atomic mass is 127. The summed E-state index contributed by atoms with van der Waals surface area (Å²) >= 11 is 2.23. The summed E-state index contributed by atoms with van der Waals surface area (Å²) in [5, 5.41) is 2.89. The van der Waals surface area contributed by atoms with Gasteiger partial charge in [-0.2, -0.15) is 0 Å². The van der Waals surface area contributed by atoms with Gasteiger partial charge in [-0.3, -0.25) is 9.69 Å². The maximum atomic E-state index is 11.9. The number of nitrogens with one attached hydrogen (secondary N) is 1. The molecule has 138 valence electrons. The van der Waals surface area contributed by atoms with Crippen molar-refractivity contribution < 1.29 is 14.3 Å². The SMILES string of the molecule is O=C(COc1ccc(I)cc1)NCc1ccc(CN2CCOCC2)cc1. The average Bonchev–Trinajstić information content (AvgIpc) is 2.68. The van der Waals surface area contributed by atoms with E-state index in [9.17, 15) is 4.79 Å². The van der Waals surface area contributed by atoms with Crippen LogP contribution >= 0.6 is 22.6 Å². The molecule has 1 aliphatic heterocycles. The van der Waals surface area contributed by atoms with Crippen LogP contribution in [-0.2, 0) is 22.6 Å². The Hall–Kier alpha value is -1.64. The predicted molar refractivity (Wildman–Crippen MR) is 109 cm³/mol. The molecule has 1 fully saturated rings. The van der Waals surface area contributed by atoms with Crippen molar-refractivity contribution in [3.8, 4) is 5.75 Å². The molecule has 0 aromatic heterocycles. The van der Waals surface area contributed by atoms with Crippen molar-refractivity contribution in [2.75, 3.05) is 32.9 Å². The first-order chi connectivity index (χ1) is 12.7. The summed E-state index contributed by atoms with van der Waals surface area (Å²) in [6, 6.07) is 16.0. The zero-order valence-corrected chi connectivity index (χ0v) is 16.8. The lowest BCUT2D eigenvalue weighted by Crippen LogP contribution is -2.35. The monoisotopic (exact) mass is 466 g/mol. The topological polar surface area (TPSA) is 50.8 Å². The Balaban J connectivity index is 1.39. The molecule has 1 aliphatic rings. The number of halogens is 1. The number of ether oxygens (including phenoxy) is 2. The standard InChI is InChI=1S/C20H23IN2O3/c21-18-5-7-19(8-6-18)26-15-20(24)22-13-16-1-3-17(4-2-16)14-23-9-11-25-12-10-23/h1-8H,9-15H2,(H,22,24). The third-order valence-corrected chi connectivity index (χ3v) is 4.93. The smallest absolute Gasteiger partial charge is 0.258 e. The number of hydrogen-bond acceptors (Lipinski definition) is 4. The van der Waals surface area contributed by atoms with Crippen molar-refractivity contribution in [1.29, 1.82) is 0 Å². The molecule has 0 bridgehead atoms. The van der Waals surface area contributed by atoms with Gasteiger partial charge in [-0.15, -0.1) is 0 Å². The summed E-state index contributed by atoms with van der Waals surface area (Å²) in [5.41, 5.74) is 2.36. The number of amides is 1. The van der Waals surface area contributed by atoms with Crippen molar-refractivity contribution in [1.82, 2.24) is 10.2 Å². The molecular weight excluding hydrogens is 443 g/mol. The van der Waals surface area contributed by atoms with Crippen LogP contribution in [-0.4, -0.2) is 43.7 Å². The molecule has 0 atom stereocenters. The molecule has 1 amide bonds. The Morgan fingerprint density at radius 3 is 2.38 bits per heavy atom. The lowest BCUT2D eigenvalue weighted by Gasteiger charge is -2.26. The van der Waals surface area contributed by atoms with Crippen LogP contribution in [0.3, 0.4) is 0 Å². The van der Waals surface area contributed by atoms with Crippen LogP contribution in [0.2, 0.25) is 0 Å². The van der Waals surface area contributed by atoms with Gasteiger partial charge in [0.1, 0.15) is 5.75 Å². The molecule has 1 N–H and O–H groups in total. The summed E-state index contributed by atoms with van der Waals surface area (Å²) < 4.78 is 12.0. The molecular formula is C20H23IN2O3. The maximum absolute atomic E-state index is 11.9. The molecule has 0 aliphatic carbocycles. The maximum Gasteiger partial charge on any atom is 0.258 e. The molecule has 6 heteroatoms. The van der Waals surface area contributed by atoms with E-state index in [2.05, 4.69) is 57.1 Å². The molecule has 0 radical (unpaired) electrons. The Morgan fingerprint density at radius 2 is 1.69 bits per heavy atom. The molecule has 0 spiro atoms. The van der Waals surface area contributed by atoms with Gasteiger partial charge >= 0.3 is 0 Å². The highest BCUT2D eigenvalue weighted by Gasteiger charge is 2.10. The fraction of sp³-hybridized carbons (Fsp3) is 0.350. The number of hydrogen-bond donors (Lipinski definition) is 1.